The van der Waals surface area contributed by atoms with Crippen LogP contribution in [-0.2, 0) is 11.3 Å². The van der Waals surface area contributed by atoms with Crippen LogP contribution in [0.1, 0.15) is 34.2 Å². The Bertz CT molecular complexity index is 1040. The maximum Gasteiger partial charge on any atom is 0.323 e. The van der Waals surface area contributed by atoms with E-state index in [1.807, 2.05) is 0 Å². The average Bonchev–Trinajstić information content (AvgIpc) is 2.92. The predicted molar refractivity (Wildman–Crippen MR) is 92.3 cm³/mol. The fourth-order valence-corrected chi connectivity index (χ4v) is 2.53. The summed E-state index contributed by atoms with van der Waals surface area (Å²) in [7, 11) is 0. The third-order valence-electron chi connectivity index (χ3n) is 3.70. The number of carbonyl (C=O) groups excluding carboxylic acids is 1. The lowest BCUT2D eigenvalue weighted by Gasteiger charge is -2.01. The summed E-state index contributed by atoms with van der Waals surface area (Å²) in [5, 5.41) is 9.71. The van der Waals surface area contributed by atoms with Gasteiger partial charge in [-0.05, 0) is 32.0 Å². The van der Waals surface area contributed by atoms with E-state index in [1.54, 1.807) is 48.3 Å². The number of Topliss-reactive ketones (excluding diaryl/α,β-unsaturated/α-hetero) is 1. The molecule has 0 fully saturated rings. The van der Waals surface area contributed by atoms with Gasteiger partial charge in [-0.15, -0.1) is 0 Å². The van der Waals surface area contributed by atoms with Crippen LogP contribution in [0.3, 0.4) is 0 Å². The smallest absolute Gasteiger partial charge is 0.323 e. The molecule has 0 saturated heterocycles. The van der Waals surface area contributed by atoms with Gasteiger partial charge in [-0.1, -0.05) is 11.8 Å². The van der Waals surface area contributed by atoms with E-state index in [4.69, 9.17) is 5.11 Å². The van der Waals surface area contributed by atoms with E-state index in [1.165, 1.54) is 6.92 Å². The van der Waals surface area contributed by atoms with E-state index < -0.39 is 5.97 Å². The van der Waals surface area contributed by atoms with Crippen LogP contribution in [0.4, 0.5) is 0 Å². The summed E-state index contributed by atoms with van der Waals surface area (Å²) in [5.74, 6) is 5.60. The number of ketones is 1. The van der Waals surface area contributed by atoms with Gasteiger partial charge in [0.05, 0.1) is 5.56 Å². The van der Waals surface area contributed by atoms with Crippen LogP contribution >= 0.6 is 0 Å². The molecule has 2 aromatic heterocycles. The number of aliphatic carboxylic acids is 1. The highest BCUT2D eigenvalue weighted by Crippen LogP contribution is 2.23. The number of aryl methyl sites for hydroxylation is 1. The molecule has 0 spiro atoms. The third-order valence-corrected chi connectivity index (χ3v) is 3.70. The Labute approximate surface area is 144 Å². The summed E-state index contributed by atoms with van der Waals surface area (Å²) >= 11 is 0. The summed E-state index contributed by atoms with van der Waals surface area (Å²) in [4.78, 5) is 31.1. The molecule has 0 bridgehead atoms. The highest BCUT2D eigenvalue weighted by Gasteiger charge is 2.13. The van der Waals surface area contributed by atoms with Crippen molar-refractivity contribution in [2.75, 3.05) is 0 Å². The van der Waals surface area contributed by atoms with Crippen molar-refractivity contribution >= 4 is 22.7 Å². The van der Waals surface area contributed by atoms with Gasteiger partial charge in [0, 0.05) is 40.6 Å². The van der Waals surface area contributed by atoms with Crippen LogP contribution in [-0.4, -0.2) is 31.4 Å². The zero-order chi connectivity index (χ0) is 18.0. The van der Waals surface area contributed by atoms with Crippen molar-refractivity contribution in [2.24, 2.45) is 0 Å². The largest absolute Gasteiger partial charge is 0.480 e. The normalized spacial score (nSPS) is 10.3. The number of carboxylic acids is 1. The minimum Gasteiger partial charge on any atom is -0.480 e. The van der Waals surface area contributed by atoms with E-state index in [2.05, 4.69) is 21.8 Å². The first-order valence-electron chi connectivity index (χ1n) is 7.60. The van der Waals surface area contributed by atoms with E-state index in [9.17, 15) is 9.59 Å². The lowest BCUT2D eigenvalue weighted by molar-refractivity contribution is -0.137. The third kappa shape index (κ3) is 3.56. The lowest BCUT2D eigenvalue weighted by atomic mass is 10.1. The van der Waals surface area contributed by atoms with Crippen LogP contribution < -0.4 is 0 Å². The quantitative estimate of drug-likeness (QED) is 0.588. The van der Waals surface area contributed by atoms with Gasteiger partial charge in [0.25, 0.3) is 0 Å². The molecule has 0 saturated carbocycles. The van der Waals surface area contributed by atoms with Gasteiger partial charge in [0.1, 0.15) is 12.4 Å². The molecular weight excluding hydrogens is 318 g/mol. The zero-order valence-corrected chi connectivity index (χ0v) is 13.8. The standard InChI is InChI=1S/C19H15N3O3/c1-12(23)17-10-22(11-19(24)25)18-6-5-14(7-16(17)18)3-4-15-8-20-13(2)21-9-15/h5-10H,11H2,1-2H3,(H,24,25). The fraction of sp³-hybridized carbons (Fsp3) is 0.158. The first kappa shape index (κ1) is 16.4. The van der Waals surface area contributed by atoms with Crippen molar-refractivity contribution in [1.29, 1.82) is 0 Å². The van der Waals surface area contributed by atoms with Gasteiger partial charge in [-0.3, -0.25) is 9.59 Å². The number of aromatic nitrogens is 3. The number of hydrogen-bond acceptors (Lipinski definition) is 4. The number of benzene rings is 1. The Kier molecular flexibility index (Phi) is 4.31. The zero-order valence-electron chi connectivity index (χ0n) is 13.8. The molecule has 0 aliphatic carbocycles. The van der Waals surface area contributed by atoms with E-state index in [-0.39, 0.29) is 12.3 Å². The molecule has 1 N–H and O–H groups in total. The maximum absolute atomic E-state index is 11.9. The molecule has 0 aliphatic rings. The summed E-state index contributed by atoms with van der Waals surface area (Å²) < 4.78 is 1.55. The Morgan fingerprint density at radius 3 is 2.48 bits per heavy atom. The van der Waals surface area contributed by atoms with Crippen LogP contribution in [0, 0.1) is 18.8 Å². The molecule has 3 aromatic rings. The summed E-state index contributed by atoms with van der Waals surface area (Å²) in [6, 6.07) is 5.37. The molecule has 1 aromatic carbocycles. The second-order valence-corrected chi connectivity index (χ2v) is 5.62. The average molecular weight is 333 g/mol. The van der Waals surface area contributed by atoms with E-state index >= 15 is 0 Å². The lowest BCUT2D eigenvalue weighted by Crippen LogP contribution is -2.07. The van der Waals surface area contributed by atoms with Gasteiger partial charge in [-0.25, -0.2) is 9.97 Å². The second kappa shape index (κ2) is 6.57. The van der Waals surface area contributed by atoms with Crippen molar-refractivity contribution in [3.63, 3.8) is 0 Å². The number of rotatable bonds is 3. The Hall–Kier alpha value is -3.46. The number of fused-ring (bicyclic) bond motifs is 1. The summed E-state index contributed by atoms with van der Waals surface area (Å²) in [6.45, 7) is 3.06. The van der Waals surface area contributed by atoms with Gasteiger partial charge in [-0.2, -0.15) is 0 Å². The Morgan fingerprint density at radius 2 is 1.84 bits per heavy atom. The monoisotopic (exact) mass is 333 g/mol. The highest BCUT2D eigenvalue weighted by atomic mass is 16.4. The molecule has 0 unspecified atom stereocenters. The molecule has 0 amide bonds. The molecule has 124 valence electrons. The van der Waals surface area contributed by atoms with Crippen LogP contribution in [0.15, 0.2) is 36.8 Å². The molecule has 0 radical (unpaired) electrons. The first-order chi connectivity index (χ1) is 11.9. The molecular formula is C19H15N3O3. The van der Waals surface area contributed by atoms with Crippen molar-refractivity contribution in [3.05, 3.63) is 59.3 Å². The first-order valence-corrected chi connectivity index (χ1v) is 7.60. The molecule has 3 rings (SSSR count). The minimum atomic E-state index is -0.963. The molecule has 2 heterocycles. The highest BCUT2D eigenvalue weighted by molar-refractivity contribution is 6.07. The van der Waals surface area contributed by atoms with E-state index in [0.717, 1.165) is 5.56 Å². The molecule has 0 aliphatic heterocycles. The van der Waals surface area contributed by atoms with Crippen LogP contribution in [0.5, 0.6) is 0 Å². The minimum absolute atomic E-state index is 0.119. The van der Waals surface area contributed by atoms with Crippen LogP contribution in [0.2, 0.25) is 0 Å². The SMILES string of the molecule is CC(=O)c1cn(CC(=O)O)c2ccc(C#Cc3cnc(C)nc3)cc12. The van der Waals surface area contributed by atoms with Gasteiger partial charge in [0.15, 0.2) is 5.78 Å². The number of carboxylic acid groups (broad SMARTS) is 1. The Balaban J connectivity index is 2.04. The van der Waals surface area contributed by atoms with Gasteiger partial charge >= 0.3 is 5.97 Å². The molecule has 6 nitrogen and oxygen atoms in total. The Morgan fingerprint density at radius 1 is 1.16 bits per heavy atom. The van der Waals surface area contributed by atoms with Crippen molar-refractivity contribution < 1.29 is 14.7 Å². The molecule has 0 atom stereocenters. The topological polar surface area (TPSA) is 85.1 Å². The van der Waals surface area contributed by atoms with Crippen LogP contribution in [0.25, 0.3) is 10.9 Å². The molecule has 6 heteroatoms. The van der Waals surface area contributed by atoms with Gasteiger partial charge in [0.2, 0.25) is 0 Å². The number of nitrogens with zero attached hydrogens (tertiary/aromatic N) is 3. The van der Waals surface area contributed by atoms with Crippen molar-refractivity contribution in [3.8, 4) is 11.8 Å². The molecule has 25 heavy (non-hydrogen) atoms. The predicted octanol–water partition coefficient (Wildman–Crippen LogP) is 2.43. The second-order valence-electron chi connectivity index (χ2n) is 5.62. The fourth-order valence-electron chi connectivity index (χ4n) is 2.53. The van der Waals surface area contributed by atoms with Crippen molar-refractivity contribution in [1.82, 2.24) is 14.5 Å². The summed E-state index contributed by atoms with van der Waals surface area (Å²) in [5.41, 5.74) is 2.60. The van der Waals surface area contributed by atoms with E-state index in [0.29, 0.717) is 27.9 Å². The number of carbonyl (C=O) groups is 2. The summed E-state index contributed by atoms with van der Waals surface area (Å²) in [6.07, 6.45) is 4.88. The maximum atomic E-state index is 11.9. The van der Waals surface area contributed by atoms with Gasteiger partial charge < -0.3 is 9.67 Å². The van der Waals surface area contributed by atoms with Crippen molar-refractivity contribution in [2.45, 2.75) is 20.4 Å². The number of hydrogen-bond donors (Lipinski definition) is 1.